The molecule has 2 aliphatic rings. The number of anilines is 3. The van der Waals surface area contributed by atoms with Gasteiger partial charge in [0.05, 0.1) is 18.8 Å². The number of benzene rings is 2. The number of phenolic OH excluding ortho intramolecular Hbond substituents is 1. The van der Waals surface area contributed by atoms with Gasteiger partial charge in [0, 0.05) is 75.1 Å². The molecule has 10 nitrogen and oxygen atoms in total. The largest absolute Gasteiger partial charge is 0.508 e. The predicted octanol–water partition coefficient (Wildman–Crippen LogP) is 2.64. The lowest BCUT2D eigenvalue weighted by Crippen LogP contribution is -2.48. The molecule has 5 rings (SSSR count). The first kappa shape index (κ1) is 29.1. The highest BCUT2D eigenvalue weighted by molar-refractivity contribution is 5.95. The van der Waals surface area contributed by atoms with Crippen molar-refractivity contribution in [1.82, 2.24) is 19.8 Å². The van der Waals surface area contributed by atoms with E-state index in [1.807, 2.05) is 38.1 Å². The third-order valence-corrected chi connectivity index (χ3v) is 7.57. The quantitative estimate of drug-likeness (QED) is 0.383. The van der Waals surface area contributed by atoms with Crippen LogP contribution in [0.3, 0.4) is 0 Å². The fraction of sp³-hybridized carbons (Fsp3) is 0.433. The Morgan fingerprint density at radius 3 is 2.45 bits per heavy atom. The minimum absolute atomic E-state index is 0.0139. The van der Waals surface area contributed by atoms with Gasteiger partial charge in [0.15, 0.2) is 0 Å². The molecular formula is C30H41N7O3. The number of likely N-dealkylation sites (N-methyl/N-ethyl adjacent to an activating group) is 1. The van der Waals surface area contributed by atoms with Crippen molar-refractivity contribution in [2.45, 2.75) is 26.8 Å². The van der Waals surface area contributed by atoms with E-state index in [9.17, 15) is 9.90 Å². The molecule has 3 aromatic rings. The van der Waals surface area contributed by atoms with Crippen molar-refractivity contribution >= 4 is 34.1 Å². The van der Waals surface area contributed by atoms with Gasteiger partial charge >= 0.3 is 0 Å². The molecule has 1 amide bonds. The van der Waals surface area contributed by atoms with Gasteiger partial charge in [-0.1, -0.05) is 30.8 Å². The van der Waals surface area contributed by atoms with Crippen molar-refractivity contribution in [3.63, 3.8) is 0 Å². The van der Waals surface area contributed by atoms with Crippen LogP contribution in [0.2, 0.25) is 0 Å². The van der Waals surface area contributed by atoms with E-state index < -0.39 is 0 Å². The molecule has 1 fully saturated rings. The topological polar surface area (TPSA) is 122 Å². The maximum atomic E-state index is 10.8. The second-order valence-corrected chi connectivity index (χ2v) is 9.96. The summed E-state index contributed by atoms with van der Waals surface area (Å²) >= 11 is 0. The van der Waals surface area contributed by atoms with E-state index >= 15 is 0 Å². The molecule has 0 atom stereocenters. The minimum Gasteiger partial charge on any atom is -0.508 e. The van der Waals surface area contributed by atoms with Crippen molar-refractivity contribution < 1.29 is 15.0 Å². The fourth-order valence-electron chi connectivity index (χ4n) is 5.31. The van der Waals surface area contributed by atoms with Crippen molar-refractivity contribution in [3.8, 4) is 5.75 Å². The number of hydrogen-bond acceptors (Lipinski definition) is 9. The average Bonchev–Trinajstić information content (AvgIpc) is 2.97. The smallest absolute Gasteiger partial charge is 0.245 e. The number of amides is 1. The molecule has 214 valence electrons. The number of nitrogens with zero attached hydrogens (tertiary/aromatic N) is 6. The van der Waals surface area contributed by atoms with Crippen LogP contribution in [-0.4, -0.2) is 94.9 Å². The number of β-amino-alcohol motifs (C(OH)–C–C–N with tert-alkyl or cyclic N) is 1. The second-order valence-electron chi connectivity index (χ2n) is 9.96. The van der Waals surface area contributed by atoms with E-state index in [4.69, 9.17) is 15.8 Å². The SMILES string of the molecule is C=CC(=O)N(CC)CC.Nc1nc(N2CCN(CCO)CC2)nc2c1CCN(c1cc(O)cc3ccccc13)C2. The first-order chi connectivity index (χ1) is 19.4. The van der Waals surface area contributed by atoms with Gasteiger partial charge in [-0.25, -0.2) is 4.98 Å². The predicted molar refractivity (Wildman–Crippen MR) is 161 cm³/mol. The van der Waals surface area contributed by atoms with E-state index in [1.165, 1.54) is 6.08 Å². The first-order valence-corrected chi connectivity index (χ1v) is 14.0. The minimum atomic E-state index is 0.0139. The zero-order chi connectivity index (χ0) is 28.6. The molecule has 0 bridgehead atoms. The number of phenols is 1. The van der Waals surface area contributed by atoms with Gasteiger partial charge < -0.3 is 30.6 Å². The van der Waals surface area contributed by atoms with Gasteiger partial charge in [-0.3, -0.25) is 9.69 Å². The number of fused-ring (bicyclic) bond motifs is 2. The zero-order valence-corrected chi connectivity index (χ0v) is 23.6. The fourth-order valence-corrected chi connectivity index (χ4v) is 5.31. The molecule has 1 saturated heterocycles. The third kappa shape index (κ3) is 6.63. The van der Waals surface area contributed by atoms with E-state index in [2.05, 4.69) is 32.3 Å². The average molecular weight is 548 g/mol. The van der Waals surface area contributed by atoms with Crippen molar-refractivity contribution in [1.29, 1.82) is 0 Å². The van der Waals surface area contributed by atoms with Crippen LogP contribution in [0.15, 0.2) is 49.1 Å². The summed E-state index contributed by atoms with van der Waals surface area (Å²) in [5, 5.41) is 21.5. The number of carbonyl (C=O) groups excluding carboxylic acids is 1. The lowest BCUT2D eigenvalue weighted by Gasteiger charge is -2.36. The summed E-state index contributed by atoms with van der Waals surface area (Å²) in [4.78, 5) is 28.7. The number of aromatic nitrogens is 2. The van der Waals surface area contributed by atoms with Crippen LogP contribution in [0.4, 0.5) is 17.5 Å². The summed E-state index contributed by atoms with van der Waals surface area (Å²) in [6.07, 6.45) is 2.11. The Hall–Kier alpha value is -3.89. The zero-order valence-electron chi connectivity index (χ0n) is 23.6. The van der Waals surface area contributed by atoms with Crippen LogP contribution >= 0.6 is 0 Å². The molecule has 2 aliphatic heterocycles. The van der Waals surface area contributed by atoms with Crippen LogP contribution < -0.4 is 15.5 Å². The standard InChI is InChI=1S/C23H28N6O2.C7H13NO/c24-22-19-5-6-29(21-14-17(31)13-16-3-1-2-4-18(16)21)15-20(19)25-23(26-22)28-9-7-27(8-10-28)11-12-30;1-4-7(9)8(5-2)6-3/h1-4,13-14,30-31H,5-12,15H2,(H2,24,25,26);4H,1,5-6H2,2-3H3. The summed E-state index contributed by atoms with van der Waals surface area (Å²) in [7, 11) is 0. The highest BCUT2D eigenvalue weighted by Gasteiger charge is 2.26. The number of piperazine rings is 1. The molecule has 1 aromatic heterocycles. The number of carbonyl (C=O) groups is 1. The number of aromatic hydroxyl groups is 1. The van der Waals surface area contributed by atoms with Gasteiger partial charge in [-0.15, -0.1) is 0 Å². The maximum absolute atomic E-state index is 10.8. The summed E-state index contributed by atoms with van der Waals surface area (Å²) in [6.45, 7) is 14.5. The van der Waals surface area contributed by atoms with Crippen molar-refractivity contribution in [2.24, 2.45) is 0 Å². The van der Waals surface area contributed by atoms with Crippen LogP contribution in [0.5, 0.6) is 5.75 Å². The Morgan fingerprint density at radius 1 is 1.07 bits per heavy atom. The molecule has 0 radical (unpaired) electrons. The third-order valence-electron chi connectivity index (χ3n) is 7.57. The number of aliphatic hydroxyl groups is 1. The molecule has 40 heavy (non-hydrogen) atoms. The monoisotopic (exact) mass is 547 g/mol. The highest BCUT2D eigenvalue weighted by Crippen LogP contribution is 2.35. The highest BCUT2D eigenvalue weighted by atomic mass is 16.3. The summed E-state index contributed by atoms with van der Waals surface area (Å²) in [5.74, 6) is 1.53. The number of rotatable bonds is 7. The van der Waals surface area contributed by atoms with Gasteiger partial charge in [-0.2, -0.15) is 4.98 Å². The van der Waals surface area contributed by atoms with Gasteiger partial charge in [0.1, 0.15) is 11.6 Å². The number of aliphatic hydroxyl groups excluding tert-OH is 1. The van der Waals surface area contributed by atoms with E-state index in [-0.39, 0.29) is 18.3 Å². The van der Waals surface area contributed by atoms with Crippen LogP contribution in [-0.2, 0) is 17.8 Å². The molecule has 3 heterocycles. The summed E-state index contributed by atoms with van der Waals surface area (Å²) in [5.41, 5.74) is 9.34. The maximum Gasteiger partial charge on any atom is 0.245 e. The second kappa shape index (κ2) is 13.5. The Kier molecular flexibility index (Phi) is 9.79. The molecule has 0 saturated carbocycles. The molecule has 2 aromatic carbocycles. The number of nitrogens with two attached hydrogens (primary N) is 1. The van der Waals surface area contributed by atoms with Crippen LogP contribution in [0.25, 0.3) is 10.8 Å². The first-order valence-electron chi connectivity index (χ1n) is 14.0. The van der Waals surface area contributed by atoms with Crippen molar-refractivity contribution in [2.75, 3.05) is 74.5 Å². The lowest BCUT2D eigenvalue weighted by molar-refractivity contribution is -0.125. The van der Waals surface area contributed by atoms with Crippen LogP contribution in [0, 0.1) is 0 Å². The molecule has 4 N–H and O–H groups in total. The lowest BCUT2D eigenvalue weighted by atomic mass is 10.0. The van der Waals surface area contributed by atoms with Gasteiger partial charge in [-0.05, 0) is 37.8 Å². The number of nitrogen functional groups attached to an aromatic ring is 1. The molecular weight excluding hydrogens is 506 g/mol. The normalized spacial score (nSPS) is 15.3. The van der Waals surface area contributed by atoms with E-state index in [1.54, 1.807) is 11.0 Å². The Bertz CT molecular complexity index is 1320. The van der Waals surface area contributed by atoms with Gasteiger partial charge in [0.2, 0.25) is 11.9 Å². The van der Waals surface area contributed by atoms with Gasteiger partial charge in [0.25, 0.3) is 0 Å². The molecule has 0 unspecified atom stereocenters. The number of hydrogen-bond donors (Lipinski definition) is 3. The summed E-state index contributed by atoms with van der Waals surface area (Å²) in [6, 6.07) is 11.7. The van der Waals surface area contributed by atoms with Crippen molar-refractivity contribution in [3.05, 3.63) is 60.3 Å². The Morgan fingerprint density at radius 2 is 1.80 bits per heavy atom. The molecule has 0 aliphatic carbocycles. The molecule has 10 heteroatoms. The Balaban J connectivity index is 0.000000357. The Labute approximate surface area is 236 Å². The van der Waals surface area contributed by atoms with E-state index in [0.29, 0.717) is 24.9 Å². The van der Waals surface area contributed by atoms with Crippen LogP contribution in [0.1, 0.15) is 25.1 Å². The molecule has 0 spiro atoms. The summed E-state index contributed by atoms with van der Waals surface area (Å²) < 4.78 is 0. The van der Waals surface area contributed by atoms with E-state index in [0.717, 1.165) is 80.0 Å².